The van der Waals surface area contributed by atoms with Crippen LogP contribution in [-0.4, -0.2) is 10.8 Å². The van der Waals surface area contributed by atoms with Crippen molar-refractivity contribution in [1.82, 2.24) is 0 Å². The Hall–Kier alpha value is -1.91. The lowest BCUT2D eigenvalue weighted by molar-refractivity contribution is -0.385. The van der Waals surface area contributed by atoms with Gasteiger partial charge in [0.05, 0.1) is 11.3 Å². The number of anilines is 1. The summed E-state index contributed by atoms with van der Waals surface area (Å²) in [4.78, 5) is 21.2. The minimum absolute atomic E-state index is 0.0697. The monoisotopic (exact) mass is 192 g/mol. The number of amides is 1. The van der Waals surface area contributed by atoms with Crippen molar-refractivity contribution in [2.24, 2.45) is 0 Å². The molecule has 0 fully saturated rings. The molecule has 1 aliphatic rings. The molecule has 0 saturated carbocycles. The maximum Gasteiger partial charge on any atom is 0.272 e. The zero-order chi connectivity index (χ0) is 10.3. The van der Waals surface area contributed by atoms with Crippen molar-refractivity contribution in [1.29, 1.82) is 0 Å². The number of nitro benzene ring substituents is 1. The van der Waals surface area contributed by atoms with E-state index in [9.17, 15) is 14.9 Å². The summed E-state index contributed by atoms with van der Waals surface area (Å²) in [6.07, 6.45) is 0.239. The van der Waals surface area contributed by atoms with E-state index in [1.54, 1.807) is 13.0 Å². The van der Waals surface area contributed by atoms with Gasteiger partial charge in [-0.1, -0.05) is 0 Å². The molecule has 0 atom stereocenters. The summed E-state index contributed by atoms with van der Waals surface area (Å²) in [6.45, 7) is 1.66. The third-order valence-electron chi connectivity index (χ3n) is 2.38. The molecule has 1 N–H and O–H groups in total. The van der Waals surface area contributed by atoms with Crippen LogP contribution in [0.5, 0.6) is 0 Å². The normalized spacial score (nSPS) is 13.6. The number of fused-ring (bicyclic) bond motifs is 1. The lowest BCUT2D eigenvalue weighted by Gasteiger charge is -2.02. The summed E-state index contributed by atoms with van der Waals surface area (Å²) in [5.74, 6) is -0.108. The molecule has 0 spiro atoms. The van der Waals surface area contributed by atoms with E-state index in [1.165, 1.54) is 6.07 Å². The maximum absolute atomic E-state index is 11.1. The molecular formula is C9H8N2O3. The molecular weight excluding hydrogens is 184 g/mol. The van der Waals surface area contributed by atoms with Gasteiger partial charge in [0.25, 0.3) is 5.69 Å². The van der Waals surface area contributed by atoms with Crippen molar-refractivity contribution in [2.75, 3.05) is 5.32 Å². The molecule has 72 valence electrons. The molecule has 2 rings (SSSR count). The first-order chi connectivity index (χ1) is 6.59. The van der Waals surface area contributed by atoms with Crippen LogP contribution >= 0.6 is 0 Å². The molecule has 1 aromatic carbocycles. The van der Waals surface area contributed by atoms with Gasteiger partial charge in [-0.3, -0.25) is 14.9 Å². The van der Waals surface area contributed by atoms with E-state index in [2.05, 4.69) is 5.32 Å². The zero-order valence-electron chi connectivity index (χ0n) is 7.53. The second-order valence-corrected chi connectivity index (χ2v) is 3.22. The lowest BCUT2D eigenvalue weighted by atomic mass is 10.0. The summed E-state index contributed by atoms with van der Waals surface area (Å²) >= 11 is 0. The van der Waals surface area contributed by atoms with Gasteiger partial charge < -0.3 is 5.32 Å². The van der Waals surface area contributed by atoms with E-state index in [-0.39, 0.29) is 18.0 Å². The highest BCUT2D eigenvalue weighted by Gasteiger charge is 2.24. The summed E-state index contributed by atoms with van der Waals surface area (Å²) in [5.41, 5.74) is 2.08. The van der Waals surface area contributed by atoms with Crippen LogP contribution in [0.2, 0.25) is 0 Å². The Morgan fingerprint density at radius 2 is 2.21 bits per heavy atom. The number of nitro groups is 1. The highest BCUT2D eigenvalue weighted by molar-refractivity contribution is 6.00. The summed E-state index contributed by atoms with van der Waals surface area (Å²) in [6, 6.07) is 2.99. The van der Waals surface area contributed by atoms with E-state index in [0.29, 0.717) is 11.3 Å². The first kappa shape index (κ1) is 8.68. The predicted molar refractivity (Wildman–Crippen MR) is 50.2 cm³/mol. The van der Waals surface area contributed by atoms with Crippen molar-refractivity contribution in [2.45, 2.75) is 13.3 Å². The molecule has 0 bridgehead atoms. The fourth-order valence-electron chi connectivity index (χ4n) is 1.64. The van der Waals surface area contributed by atoms with Crippen LogP contribution in [0.25, 0.3) is 0 Å². The van der Waals surface area contributed by atoms with E-state index in [1.807, 2.05) is 0 Å². The molecule has 1 amide bonds. The Balaban J connectivity index is 2.59. The number of nitrogens with one attached hydrogen (secondary N) is 1. The number of carbonyl (C=O) groups is 1. The van der Waals surface area contributed by atoms with Gasteiger partial charge in [0.2, 0.25) is 5.91 Å². The smallest absolute Gasteiger partial charge is 0.272 e. The number of nitrogens with zero attached hydrogens (tertiary/aromatic N) is 1. The number of rotatable bonds is 1. The van der Waals surface area contributed by atoms with Crippen molar-refractivity contribution in [3.05, 3.63) is 33.4 Å². The molecule has 0 saturated heterocycles. The van der Waals surface area contributed by atoms with Crippen LogP contribution in [0.4, 0.5) is 11.4 Å². The zero-order valence-corrected chi connectivity index (χ0v) is 7.53. The van der Waals surface area contributed by atoms with E-state index >= 15 is 0 Å². The van der Waals surface area contributed by atoms with Gasteiger partial charge in [-0.15, -0.1) is 0 Å². The van der Waals surface area contributed by atoms with Crippen LogP contribution < -0.4 is 5.32 Å². The topological polar surface area (TPSA) is 72.2 Å². The van der Waals surface area contributed by atoms with Gasteiger partial charge in [0.15, 0.2) is 0 Å². The predicted octanol–water partition coefficient (Wildman–Crippen LogP) is 1.40. The largest absolute Gasteiger partial charge is 0.326 e. The highest BCUT2D eigenvalue weighted by atomic mass is 16.6. The van der Waals surface area contributed by atoms with E-state index in [0.717, 1.165) is 5.56 Å². The third kappa shape index (κ3) is 1.14. The van der Waals surface area contributed by atoms with Gasteiger partial charge in [-0.05, 0) is 18.6 Å². The SMILES string of the molecule is Cc1c([N+](=O)[O-])ccc2c1CC(=O)N2. The standard InChI is InChI=1S/C9H8N2O3/c1-5-6-4-9(12)10-7(6)2-3-8(5)11(13)14/h2-3H,4H2,1H3,(H,10,12). The average Bonchev–Trinajstić information content (AvgIpc) is 2.46. The Labute approximate surface area is 79.9 Å². The van der Waals surface area contributed by atoms with Crippen LogP contribution in [0.1, 0.15) is 11.1 Å². The molecule has 0 unspecified atom stereocenters. The highest BCUT2D eigenvalue weighted by Crippen LogP contribution is 2.31. The fraction of sp³-hybridized carbons (Fsp3) is 0.222. The van der Waals surface area contributed by atoms with Crippen molar-refractivity contribution >= 4 is 17.3 Å². The molecule has 1 aromatic rings. The summed E-state index contributed by atoms with van der Waals surface area (Å²) in [5, 5.41) is 13.2. The molecule has 0 radical (unpaired) electrons. The van der Waals surface area contributed by atoms with Crippen molar-refractivity contribution in [3.63, 3.8) is 0 Å². The summed E-state index contributed by atoms with van der Waals surface area (Å²) < 4.78 is 0. The molecule has 14 heavy (non-hydrogen) atoms. The number of hydrogen-bond donors (Lipinski definition) is 1. The third-order valence-corrected chi connectivity index (χ3v) is 2.38. The minimum atomic E-state index is -0.432. The van der Waals surface area contributed by atoms with E-state index < -0.39 is 4.92 Å². The second kappa shape index (κ2) is 2.80. The molecule has 1 heterocycles. The van der Waals surface area contributed by atoms with Crippen molar-refractivity contribution in [3.8, 4) is 0 Å². The Kier molecular flexibility index (Phi) is 1.73. The second-order valence-electron chi connectivity index (χ2n) is 3.22. The number of hydrogen-bond acceptors (Lipinski definition) is 3. The van der Waals surface area contributed by atoms with Gasteiger partial charge >= 0.3 is 0 Å². The van der Waals surface area contributed by atoms with E-state index in [4.69, 9.17) is 0 Å². The quantitative estimate of drug-likeness (QED) is 0.539. The maximum atomic E-state index is 11.1. The van der Waals surface area contributed by atoms with Gasteiger partial charge in [0.1, 0.15) is 0 Å². The van der Waals surface area contributed by atoms with Gasteiger partial charge in [-0.25, -0.2) is 0 Å². The Morgan fingerprint density at radius 1 is 1.50 bits per heavy atom. The first-order valence-electron chi connectivity index (χ1n) is 4.16. The van der Waals surface area contributed by atoms with Gasteiger partial charge in [0, 0.05) is 17.3 Å². The lowest BCUT2D eigenvalue weighted by Crippen LogP contribution is -2.03. The van der Waals surface area contributed by atoms with Crippen LogP contribution in [0, 0.1) is 17.0 Å². The average molecular weight is 192 g/mol. The van der Waals surface area contributed by atoms with Crippen LogP contribution in [-0.2, 0) is 11.2 Å². The molecule has 5 nitrogen and oxygen atoms in total. The molecule has 5 heteroatoms. The fourth-order valence-corrected chi connectivity index (χ4v) is 1.64. The minimum Gasteiger partial charge on any atom is -0.326 e. The summed E-state index contributed by atoms with van der Waals surface area (Å²) in [7, 11) is 0. The molecule has 0 aliphatic carbocycles. The van der Waals surface area contributed by atoms with Crippen molar-refractivity contribution < 1.29 is 9.72 Å². The molecule has 1 aliphatic heterocycles. The number of carbonyl (C=O) groups excluding carboxylic acids is 1. The van der Waals surface area contributed by atoms with Crippen LogP contribution in [0.3, 0.4) is 0 Å². The Bertz CT molecular complexity index is 440. The Morgan fingerprint density at radius 3 is 2.86 bits per heavy atom. The van der Waals surface area contributed by atoms with Crippen LogP contribution in [0.15, 0.2) is 12.1 Å². The van der Waals surface area contributed by atoms with Gasteiger partial charge in [-0.2, -0.15) is 0 Å². The number of benzene rings is 1. The first-order valence-corrected chi connectivity index (χ1v) is 4.16. The molecule has 0 aromatic heterocycles.